The normalized spacial score (nSPS) is 19.7. The third-order valence-corrected chi connectivity index (χ3v) is 4.40. The average Bonchev–Trinajstić information content (AvgIpc) is 3.20. The highest BCUT2D eigenvalue weighted by atomic mass is 16.7. The molecule has 1 aromatic heterocycles. The fraction of sp³-hybridized carbons (Fsp3) is 0.364. The molecular weight excluding hydrogens is 386 g/mol. The molecule has 4 N–H and O–H groups in total. The number of ether oxygens (including phenoxy) is 3. The summed E-state index contributed by atoms with van der Waals surface area (Å²) in [6.07, 6.45) is 3.57. The minimum Gasteiger partial charge on any atom is -0.507 e. The lowest BCUT2D eigenvalue weighted by molar-refractivity contribution is -0.0701. The van der Waals surface area contributed by atoms with E-state index in [4.69, 9.17) is 19.9 Å². The van der Waals surface area contributed by atoms with Crippen molar-refractivity contribution in [1.29, 1.82) is 0 Å². The Hall–Kier alpha value is -2.94. The van der Waals surface area contributed by atoms with Gasteiger partial charge in [-0.05, 0) is 44.3 Å². The molecule has 0 bridgehead atoms. The number of nitrogens with two attached hydrogens (primary N) is 1. The van der Waals surface area contributed by atoms with E-state index in [2.05, 4.69) is 9.98 Å². The monoisotopic (exact) mass is 413 g/mol. The smallest absolute Gasteiger partial charge is 0.191 e. The van der Waals surface area contributed by atoms with Crippen LogP contribution in [0.4, 0.5) is 0 Å². The van der Waals surface area contributed by atoms with E-state index in [1.54, 1.807) is 24.4 Å². The van der Waals surface area contributed by atoms with E-state index in [0.717, 1.165) is 5.56 Å². The van der Waals surface area contributed by atoms with Gasteiger partial charge < -0.3 is 30.2 Å². The molecule has 2 atom stereocenters. The molecule has 0 aliphatic carbocycles. The van der Waals surface area contributed by atoms with Crippen LogP contribution in [0.25, 0.3) is 0 Å². The second-order valence-electron chi connectivity index (χ2n) is 7.06. The summed E-state index contributed by atoms with van der Waals surface area (Å²) in [7, 11) is 0. The van der Waals surface area contributed by atoms with Crippen LogP contribution >= 0.6 is 0 Å². The van der Waals surface area contributed by atoms with Crippen molar-refractivity contribution in [3.8, 4) is 11.5 Å². The Kier molecular flexibility index (Phi) is 7.40. The van der Waals surface area contributed by atoms with E-state index in [1.807, 2.05) is 26.0 Å². The summed E-state index contributed by atoms with van der Waals surface area (Å²) in [4.78, 5) is 9.05. The first-order chi connectivity index (χ1) is 14.5. The number of rotatable bonds is 8. The fourth-order valence-electron chi connectivity index (χ4n) is 3.08. The number of aliphatic imine (C=N–C) groups is 1. The Morgan fingerprint density at radius 2 is 2.20 bits per heavy atom. The maximum Gasteiger partial charge on any atom is 0.191 e. The van der Waals surface area contributed by atoms with Gasteiger partial charge in [0.05, 0.1) is 30.2 Å². The van der Waals surface area contributed by atoms with Crippen LogP contribution in [0.2, 0.25) is 0 Å². The van der Waals surface area contributed by atoms with Crippen LogP contribution in [0.3, 0.4) is 0 Å². The van der Waals surface area contributed by atoms with Crippen LogP contribution in [-0.2, 0) is 16.1 Å². The SMILES string of the molecule is CC(C)N=C(C=CN)c1ncccc1COc1cccc(O)c1C1OCC(CO)O1. The van der Waals surface area contributed by atoms with Crippen molar-refractivity contribution in [2.75, 3.05) is 13.2 Å². The summed E-state index contributed by atoms with van der Waals surface area (Å²) >= 11 is 0. The molecule has 2 unspecified atom stereocenters. The van der Waals surface area contributed by atoms with E-state index in [-0.39, 0.29) is 31.6 Å². The lowest BCUT2D eigenvalue weighted by Gasteiger charge is -2.18. The molecule has 1 aliphatic heterocycles. The Balaban J connectivity index is 1.86. The van der Waals surface area contributed by atoms with Crippen LogP contribution in [0.1, 0.15) is 37.0 Å². The number of phenolic OH excluding ortho intramolecular Hbond substituents is 1. The van der Waals surface area contributed by atoms with Gasteiger partial charge in [0.2, 0.25) is 0 Å². The maximum atomic E-state index is 10.4. The van der Waals surface area contributed by atoms with Crippen LogP contribution < -0.4 is 10.5 Å². The first-order valence-electron chi connectivity index (χ1n) is 9.76. The number of phenols is 1. The number of aromatic nitrogens is 1. The minimum absolute atomic E-state index is 0.00405. The molecule has 0 amide bonds. The molecule has 2 heterocycles. The molecule has 1 aliphatic rings. The van der Waals surface area contributed by atoms with Crippen molar-refractivity contribution < 1.29 is 24.4 Å². The lowest BCUT2D eigenvalue weighted by atomic mass is 10.1. The van der Waals surface area contributed by atoms with Gasteiger partial charge in [0, 0.05) is 17.8 Å². The first kappa shape index (κ1) is 21.8. The minimum atomic E-state index is -0.815. The molecule has 1 fully saturated rings. The number of hydrogen-bond acceptors (Lipinski definition) is 8. The number of hydrogen-bond donors (Lipinski definition) is 3. The Labute approximate surface area is 175 Å². The van der Waals surface area contributed by atoms with Gasteiger partial charge in [-0.15, -0.1) is 0 Å². The fourth-order valence-corrected chi connectivity index (χ4v) is 3.08. The molecule has 1 saturated heterocycles. The third kappa shape index (κ3) is 5.15. The Bertz CT molecular complexity index is 913. The zero-order valence-electron chi connectivity index (χ0n) is 17.1. The number of nitrogens with zero attached hydrogens (tertiary/aromatic N) is 2. The summed E-state index contributed by atoms with van der Waals surface area (Å²) in [5.41, 5.74) is 8.12. The molecule has 0 spiro atoms. The second kappa shape index (κ2) is 10.2. The Morgan fingerprint density at radius 3 is 2.90 bits per heavy atom. The summed E-state index contributed by atoms with van der Waals surface area (Å²) in [6, 6.07) is 8.73. The summed E-state index contributed by atoms with van der Waals surface area (Å²) < 4.78 is 17.2. The quantitative estimate of drug-likeness (QED) is 0.569. The highest BCUT2D eigenvalue weighted by Gasteiger charge is 2.31. The number of aromatic hydroxyl groups is 1. The molecule has 30 heavy (non-hydrogen) atoms. The maximum absolute atomic E-state index is 10.4. The summed E-state index contributed by atoms with van der Waals surface area (Å²) in [5.74, 6) is 0.417. The molecule has 3 rings (SSSR count). The van der Waals surface area contributed by atoms with E-state index in [0.29, 0.717) is 22.7 Å². The van der Waals surface area contributed by atoms with Crippen LogP contribution in [0, 0.1) is 0 Å². The highest BCUT2D eigenvalue weighted by Crippen LogP contribution is 2.39. The van der Waals surface area contributed by atoms with Gasteiger partial charge in [-0.3, -0.25) is 9.98 Å². The third-order valence-electron chi connectivity index (χ3n) is 4.40. The molecule has 8 nitrogen and oxygen atoms in total. The molecule has 8 heteroatoms. The molecule has 1 aromatic carbocycles. The Morgan fingerprint density at radius 1 is 1.37 bits per heavy atom. The highest BCUT2D eigenvalue weighted by molar-refractivity contribution is 6.08. The molecular formula is C22H27N3O5. The standard InChI is InChI=1S/C22H27N3O5/c1-14(2)25-17(8-9-23)21-15(5-4-10-24-21)12-28-19-7-3-6-18(27)20(19)22-29-13-16(11-26)30-22/h3-10,14,16,22,26-27H,11-13,23H2,1-2H3. The second-order valence-corrected chi connectivity index (χ2v) is 7.06. The van der Waals surface area contributed by atoms with Crippen molar-refractivity contribution in [3.05, 3.63) is 65.6 Å². The number of benzene rings is 1. The van der Waals surface area contributed by atoms with Gasteiger partial charge in [-0.2, -0.15) is 0 Å². The van der Waals surface area contributed by atoms with Crippen LogP contribution in [0.15, 0.2) is 53.8 Å². The van der Waals surface area contributed by atoms with E-state index in [1.165, 1.54) is 12.3 Å². The largest absolute Gasteiger partial charge is 0.507 e. The molecule has 0 radical (unpaired) electrons. The van der Waals surface area contributed by atoms with Crippen LogP contribution in [0.5, 0.6) is 11.5 Å². The van der Waals surface area contributed by atoms with Gasteiger partial charge in [-0.25, -0.2) is 0 Å². The number of pyridine rings is 1. The van der Waals surface area contributed by atoms with Crippen molar-refractivity contribution in [1.82, 2.24) is 4.98 Å². The van der Waals surface area contributed by atoms with Gasteiger partial charge in [0.1, 0.15) is 24.2 Å². The molecule has 2 aromatic rings. The lowest BCUT2D eigenvalue weighted by Crippen LogP contribution is -2.14. The predicted octanol–water partition coefficient (Wildman–Crippen LogP) is 2.44. The van der Waals surface area contributed by atoms with E-state index in [9.17, 15) is 10.2 Å². The summed E-state index contributed by atoms with van der Waals surface area (Å²) in [6.45, 7) is 4.22. The van der Waals surface area contributed by atoms with Gasteiger partial charge >= 0.3 is 0 Å². The van der Waals surface area contributed by atoms with E-state index >= 15 is 0 Å². The van der Waals surface area contributed by atoms with Crippen molar-refractivity contribution in [3.63, 3.8) is 0 Å². The van der Waals surface area contributed by atoms with Gasteiger partial charge in [-0.1, -0.05) is 12.1 Å². The van der Waals surface area contributed by atoms with Crippen molar-refractivity contribution >= 4 is 5.71 Å². The predicted molar refractivity (Wildman–Crippen MR) is 112 cm³/mol. The number of aliphatic hydroxyl groups is 1. The topological polar surface area (TPSA) is 119 Å². The van der Waals surface area contributed by atoms with Crippen molar-refractivity contribution in [2.45, 2.75) is 38.9 Å². The van der Waals surface area contributed by atoms with Crippen LogP contribution in [-0.4, -0.2) is 46.3 Å². The van der Waals surface area contributed by atoms with E-state index < -0.39 is 12.4 Å². The molecule has 160 valence electrons. The average molecular weight is 413 g/mol. The van der Waals surface area contributed by atoms with Gasteiger partial charge in [0.25, 0.3) is 0 Å². The van der Waals surface area contributed by atoms with Crippen molar-refractivity contribution in [2.24, 2.45) is 10.7 Å². The first-order valence-corrected chi connectivity index (χ1v) is 9.76. The zero-order chi connectivity index (χ0) is 21.5. The summed E-state index contributed by atoms with van der Waals surface area (Å²) in [5, 5.41) is 19.6. The molecule has 0 saturated carbocycles. The number of aliphatic hydroxyl groups excluding tert-OH is 1. The number of allylic oxidation sites excluding steroid dienone is 1. The zero-order valence-corrected chi connectivity index (χ0v) is 17.1. The van der Waals surface area contributed by atoms with Gasteiger partial charge in [0.15, 0.2) is 6.29 Å².